The van der Waals surface area contributed by atoms with Crippen molar-refractivity contribution in [3.05, 3.63) is 62.5 Å². The minimum atomic E-state index is -0.938. The second kappa shape index (κ2) is 8.06. The second-order valence-corrected chi connectivity index (χ2v) is 9.88. The van der Waals surface area contributed by atoms with Gasteiger partial charge in [0, 0.05) is 20.2 Å². The summed E-state index contributed by atoms with van der Waals surface area (Å²) >= 11 is 15.9. The highest BCUT2D eigenvalue weighted by atomic mass is 79.9. The van der Waals surface area contributed by atoms with Crippen LogP contribution in [-0.2, 0) is 11.2 Å². The number of carboxylic acid groups (broad SMARTS) is 1. The molecule has 1 aliphatic carbocycles. The molecule has 1 heterocycles. The van der Waals surface area contributed by atoms with Crippen LogP contribution in [0.4, 0.5) is 10.5 Å². The summed E-state index contributed by atoms with van der Waals surface area (Å²) in [5.74, 6) is -0.938. The Morgan fingerprint density at radius 1 is 1.10 bits per heavy atom. The number of amides is 2. The van der Waals surface area contributed by atoms with Crippen LogP contribution in [0.25, 0.3) is 0 Å². The number of carbonyl (C=O) groups excluding carboxylic acids is 1. The summed E-state index contributed by atoms with van der Waals surface area (Å²) in [7, 11) is 0. The van der Waals surface area contributed by atoms with Gasteiger partial charge < -0.3 is 10.4 Å². The van der Waals surface area contributed by atoms with Gasteiger partial charge in [0.05, 0.1) is 17.5 Å². The first kappa shape index (κ1) is 21.5. The first-order valence-corrected chi connectivity index (χ1v) is 11.3. The molecule has 2 aliphatic rings. The molecule has 5 nitrogen and oxygen atoms in total. The Kier molecular flexibility index (Phi) is 5.77. The van der Waals surface area contributed by atoms with E-state index in [1.807, 2.05) is 24.3 Å². The number of aliphatic carboxylic acids is 1. The number of hydrogen-bond donors (Lipinski definition) is 2. The molecule has 1 saturated carbocycles. The van der Waals surface area contributed by atoms with Gasteiger partial charge in [-0.15, -0.1) is 0 Å². The number of nitrogens with zero attached hydrogens (tertiary/aromatic N) is 1. The number of urea groups is 1. The molecule has 2 unspecified atom stereocenters. The van der Waals surface area contributed by atoms with Crippen LogP contribution in [0.2, 0.25) is 10.0 Å². The molecule has 0 spiro atoms. The van der Waals surface area contributed by atoms with Crippen molar-refractivity contribution >= 4 is 56.8 Å². The average Bonchev–Trinajstić information content (AvgIpc) is 2.89. The number of carbonyl (C=O) groups is 2. The van der Waals surface area contributed by atoms with Crippen molar-refractivity contribution in [1.29, 1.82) is 0 Å². The predicted molar refractivity (Wildman–Crippen MR) is 122 cm³/mol. The van der Waals surface area contributed by atoms with Crippen LogP contribution < -0.4 is 10.2 Å². The van der Waals surface area contributed by atoms with Gasteiger partial charge in [0.15, 0.2) is 0 Å². The van der Waals surface area contributed by atoms with E-state index in [1.54, 1.807) is 23.1 Å². The zero-order chi connectivity index (χ0) is 21.5. The van der Waals surface area contributed by atoms with Crippen molar-refractivity contribution < 1.29 is 14.7 Å². The smallest absolute Gasteiger partial charge is 0.323 e. The number of rotatable bonds is 5. The molecule has 158 valence electrons. The molecule has 2 fully saturated rings. The minimum Gasteiger partial charge on any atom is -0.481 e. The molecular weight excluding hydrogens is 491 g/mol. The number of hydrogen-bond acceptors (Lipinski definition) is 2. The second-order valence-electron chi connectivity index (χ2n) is 8.09. The lowest BCUT2D eigenvalue weighted by Gasteiger charge is -2.51. The van der Waals surface area contributed by atoms with Crippen LogP contribution in [0.15, 0.2) is 46.9 Å². The van der Waals surface area contributed by atoms with Crippen LogP contribution in [0.5, 0.6) is 0 Å². The average molecular weight is 512 g/mol. The molecule has 2 N–H and O–H groups in total. The summed E-state index contributed by atoms with van der Waals surface area (Å²) in [5, 5.41) is 13.9. The van der Waals surface area contributed by atoms with E-state index in [9.17, 15) is 14.7 Å². The fourth-order valence-corrected chi connectivity index (χ4v) is 5.92. The number of anilines is 1. The van der Waals surface area contributed by atoms with E-state index in [0.29, 0.717) is 35.0 Å². The first-order chi connectivity index (χ1) is 14.2. The molecule has 4 rings (SSSR count). The number of halogens is 3. The zero-order valence-electron chi connectivity index (χ0n) is 16.1. The van der Waals surface area contributed by atoms with Gasteiger partial charge >= 0.3 is 12.0 Å². The van der Waals surface area contributed by atoms with Crippen LogP contribution in [0.3, 0.4) is 0 Å². The molecule has 2 amide bonds. The fourth-order valence-electron chi connectivity index (χ4n) is 5.14. The van der Waals surface area contributed by atoms with Crippen molar-refractivity contribution in [2.24, 2.45) is 0 Å². The largest absolute Gasteiger partial charge is 0.481 e. The third kappa shape index (κ3) is 3.70. The number of nitrogens with one attached hydrogen (secondary N) is 1. The highest BCUT2D eigenvalue weighted by Crippen LogP contribution is 2.51. The van der Waals surface area contributed by atoms with Crippen molar-refractivity contribution in [3.63, 3.8) is 0 Å². The van der Waals surface area contributed by atoms with Crippen molar-refractivity contribution in [2.75, 3.05) is 4.90 Å². The third-order valence-electron chi connectivity index (χ3n) is 6.28. The van der Waals surface area contributed by atoms with Crippen LogP contribution in [0.1, 0.15) is 37.7 Å². The number of carboxylic acids is 1. The Morgan fingerprint density at radius 3 is 2.37 bits per heavy atom. The quantitative estimate of drug-likeness (QED) is 0.513. The van der Waals surface area contributed by atoms with E-state index in [4.69, 9.17) is 23.2 Å². The van der Waals surface area contributed by atoms with E-state index in [2.05, 4.69) is 21.2 Å². The lowest BCUT2D eigenvalue weighted by Crippen LogP contribution is -2.64. The Bertz CT molecular complexity index is 980. The van der Waals surface area contributed by atoms with Gasteiger partial charge in [0.1, 0.15) is 0 Å². The van der Waals surface area contributed by atoms with E-state index < -0.39 is 17.0 Å². The molecule has 30 heavy (non-hydrogen) atoms. The number of benzene rings is 2. The maximum atomic E-state index is 13.3. The molecule has 0 aromatic heterocycles. The summed E-state index contributed by atoms with van der Waals surface area (Å²) in [6.45, 7) is 0. The predicted octanol–water partition coefficient (Wildman–Crippen LogP) is 6.05. The summed E-state index contributed by atoms with van der Waals surface area (Å²) < 4.78 is 0.967. The van der Waals surface area contributed by atoms with Crippen molar-refractivity contribution in [2.45, 2.75) is 49.6 Å². The molecule has 0 radical (unpaired) electrons. The highest BCUT2D eigenvalue weighted by Gasteiger charge is 2.64. The molecule has 1 aliphatic heterocycles. The van der Waals surface area contributed by atoms with Crippen LogP contribution >= 0.6 is 39.1 Å². The zero-order valence-corrected chi connectivity index (χ0v) is 19.2. The molecular formula is C22H21BrCl2N2O3. The maximum Gasteiger partial charge on any atom is 0.323 e. The Labute approximate surface area is 193 Å². The molecule has 1 saturated heterocycles. The molecule has 2 atom stereocenters. The third-order valence-corrected chi connectivity index (χ3v) is 7.25. The lowest BCUT2D eigenvalue weighted by molar-refractivity contribution is -0.139. The standard InChI is InChI=1S/C22H21BrCl2N2O3/c23-15-5-3-14(4-6-15)12-21-7-1-2-8-22(21,13-19(28)29)27(20(30)26-21)18-10-16(24)9-17(25)11-18/h3-6,9-11H,1-2,7-8,12-13H2,(H,26,30)(H,28,29). The summed E-state index contributed by atoms with van der Waals surface area (Å²) in [6, 6.07) is 12.5. The SMILES string of the molecule is O=C(O)CC12CCCCC1(Cc1ccc(Br)cc1)NC(=O)N2c1cc(Cl)cc(Cl)c1. The molecule has 2 aromatic carbocycles. The van der Waals surface area contributed by atoms with E-state index in [0.717, 1.165) is 22.9 Å². The van der Waals surface area contributed by atoms with Crippen LogP contribution in [-0.4, -0.2) is 28.2 Å². The topological polar surface area (TPSA) is 69.6 Å². The monoisotopic (exact) mass is 510 g/mol. The van der Waals surface area contributed by atoms with E-state index in [1.165, 1.54) is 0 Å². The van der Waals surface area contributed by atoms with Crippen molar-refractivity contribution in [1.82, 2.24) is 5.32 Å². The lowest BCUT2D eigenvalue weighted by atomic mass is 9.63. The van der Waals surface area contributed by atoms with Gasteiger partial charge in [0.2, 0.25) is 0 Å². The Balaban J connectivity index is 1.86. The maximum absolute atomic E-state index is 13.3. The van der Waals surface area contributed by atoms with Crippen molar-refractivity contribution in [3.8, 4) is 0 Å². The minimum absolute atomic E-state index is 0.160. The molecule has 2 aromatic rings. The van der Waals surface area contributed by atoms with Gasteiger partial charge in [-0.2, -0.15) is 0 Å². The molecule has 8 heteroatoms. The summed E-state index contributed by atoms with van der Waals surface area (Å²) in [4.78, 5) is 27.0. The van der Waals surface area contributed by atoms with E-state index in [-0.39, 0.29) is 12.5 Å². The van der Waals surface area contributed by atoms with E-state index >= 15 is 0 Å². The van der Waals surface area contributed by atoms with Gasteiger partial charge in [-0.05, 0) is 55.2 Å². The van der Waals surface area contributed by atoms with Gasteiger partial charge in [0.25, 0.3) is 0 Å². The normalized spacial score (nSPS) is 25.7. The Hall–Kier alpha value is -1.76. The molecule has 0 bridgehead atoms. The highest BCUT2D eigenvalue weighted by molar-refractivity contribution is 9.10. The Morgan fingerprint density at radius 2 is 1.73 bits per heavy atom. The fraction of sp³-hybridized carbons (Fsp3) is 0.364. The van der Waals surface area contributed by atoms with Gasteiger partial charge in [-0.1, -0.05) is 64.1 Å². The van der Waals surface area contributed by atoms with Crippen LogP contribution in [0, 0.1) is 0 Å². The summed E-state index contributed by atoms with van der Waals surface area (Å²) in [5.41, 5.74) is -0.0644. The van der Waals surface area contributed by atoms with Gasteiger partial charge in [-0.25, -0.2) is 4.79 Å². The summed E-state index contributed by atoms with van der Waals surface area (Å²) in [6.07, 6.45) is 3.43. The number of fused-ring (bicyclic) bond motifs is 1. The first-order valence-electron chi connectivity index (χ1n) is 9.79. The van der Waals surface area contributed by atoms with Gasteiger partial charge in [-0.3, -0.25) is 9.69 Å².